The van der Waals surface area contributed by atoms with E-state index in [1.807, 2.05) is 20.8 Å². The third kappa shape index (κ3) is 3.12. The van der Waals surface area contributed by atoms with Crippen LogP contribution in [0, 0.1) is 29.1 Å². The second kappa shape index (κ2) is 6.20. The van der Waals surface area contributed by atoms with Gasteiger partial charge >= 0.3 is 11.9 Å². The number of esters is 2. The molecule has 2 aliphatic carbocycles. The van der Waals surface area contributed by atoms with E-state index in [9.17, 15) is 9.59 Å². The minimum absolute atomic E-state index is 0.0187. The van der Waals surface area contributed by atoms with Crippen LogP contribution in [0.3, 0.4) is 0 Å². The van der Waals surface area contributed by atoms with Gasteiger partial charge in [-0.05, 0) is 55.8 Å². The van der Waals surface area contributed by atoms with Crippen molar-refractivity contribution in [3.8, 4) is 0 Å². The summed E-state index contributed by atoms with van der Waals surface area (Å²) < 4.78 is 11.0. The molecule has 0 aromatic heterocycles. The molecule has 24 heavy (non-hydrogen) atoms. The lowest BCUT2D eigenvalue weighted by molar-refractivity contribution is -0.149. The van der Waals surface area contributed by atoms with Crippen molar-refractivity contribution in [1.82, 2.24) is 0 Å². The zero-order chi connectivity index (χ0) is 17.6. The van der Waals surface area contributed by atoms with Crippen molar-refractivity contribution in [1.29, 1.82) is 0 Å². The largest absolute Gasteiger partial charge is 0.463 e. The van der Waals surface area contributed by atoms with E-state index in [-0.39, 0.29) is 35.5 Å². The molecule has 1 aliphatic heterocycles. The van der Waals surface area contributed by atoms with Crippen LogP contribution in [0.4, 0.5) is 0 Å². The molecule has 3 fully saturated rings. The lowest BCUT2D eigenvalue weighted by Crippen LogP contribution is -2.26. The molecule has 4 heteroatoms. The first-order valence-corrected chi connectivity index (χ1v) is 9.31. The Morgan fingerprint density at radius 3 is 2.79 bits per heavy atom. The zero-order valence-electron chi connectivity index (χ0n) is 15.3. The van der Waals surface area contributed by atoms with Gasteiger partial charge in [0.15, 0.2) is 0 Å². The topological polar surface area (TPSA) is 52.6 Å². The van der Waals surface area contributed by atoms with Crippen molar-refractivity contribution in [2.75, 3.05) is 0 Å². The number of rotatable bonds is 6. The van der Waals surface area contributed by atoms with Crippen LogP contribution in [0.15, 0.2) is 12.2 Å². The quantitative estimate of drug-likeness (QED) is 0.546. The Morgan fingerprint density at radius 1 is 1.42 bits per heavy atom. The standard InChI is InChI=1S/C20H30O4/c1-11(2)8-18(21)23-12(3)6-7-15-16-9-14-13(4)19(22)24-17(14)10-20(15,16)5/h11-12,14-17H,4,6-10H2,1-3,5H3. The Morgan fingerprint density at radius 2 is 2.12 bits per heavy atom. The van der Waals surface area contributed by atoms with Crippen molar-refractivity contribution < 1.29 is 19.1 Å². The van der Waals surface area contributed by atoms with Crippen LogP contribution in [-0.4, -0.2) is 24.1 Å². The van der Waals surface area contributed by atoms with Gasteiger partial charge in [-0.2, -0.15) is 0 Å². The van der Waals surface area contributed by atoms with Gasteiger partial charge in [0.05, 0.1) is 6.10 Å². The fourth-order valence-corrected chi connectivity index (χ4v) is 4.97. The highest BCUT2D eigenvalue weighted by atomic mass is 16.6. The molecular weight excluding hydrogens is 304 g/mol. The normalized spacial score (nSPS) is 38.4. The Balaban J connectivity index is 1.48. The summed E-state index contributed by atoms with van der Waals surface area (Å²) in [5.74, 6) is 1.59. The monoisotopic (exact) mass is 334 g/mol. The second-order valence-corrected chi connectivity index (χ2v) is 8.71. The van der Waals surface area contributed by atoms with E-state index in [2.05, 4.69) is 13.5 Å². The minimum Gasteiger partial charge on any atom is -0.463 e. The van der Waals surface area contributed by atoms with Crippen LogP contribution in [0.1, 0.15) is 59.8 Å². The molecule has 6 atom stereocenters. The summed E-state index contributed by atoms with van der Waals surface area (Å²) in [5.41, 5.74) is 0.956. The summed E-state index contributed by atoms with van der Waals surface area (Å²) in [6, 6.07) is 0. The summed E-state index contributed by atoms with van der Waals surface area (Å²) in [4.78, 5) is 23.4. The van der Waals surface area contributed by atoms with Gasteiger partial charge in [0.1, 0.15) is 6.10 Å². The molecular formula is C20H30O4. The van der Waals surface area contributed by atoms with Crippen LogP contribution in [0.25, 0.3) is 0 Å². The molecule has 0 aromatic carbocycles. The van der Waals surface area contributed by atoms with Gasteiger partial charge in [0.2, 0.25) is 0 Å². The summed E-state index contributed by atoms with van der Waals surface area (Å²) in [7, 11) is 0. The van der Waals surface area contributed by atoms with E-state index in [1.165, 1.54) is 0 Å². The van der Waals surface area contributed by atoms with Gasteiger partial charge in [-0.1, -0.05) is 27.4 Å². The molecule has 0 spiro atoms. The zero-order valence-corrected chi connectivity index (χ0v) is 15.3. The Labute approximate surface area is 145 Å². The predicted molar refractivity (Wildman–Crippen MR) is 91.1 cm³/mol. The van der Waals surface area contributed by atoms with Crippen LogP contribution in [-0.2, 0) is 19.1 Å². The fourth-order valence-electron chi connectivity index (χ4n) is 4.97. The van der Waals surface area contributed by atoms with E-state index < -0.39 is 0 Å². The molecule has 3 rings (SSSR count). The van der Waals surface area contributed by atoms with Crippen LogP contribution >= 0.6 is 0 Å². The summed E-state index contributed by atoms with van der Waals surface area (Å²) in [6.07, 6.45) is 4.49. The lowest BCUT2D eigenvalue weighted by atomic mass is 9.79. The maximum absolute atomic E-state index is 11.8. The molecule has 0 bridgehead atoms. The maximum atomic E-state index is 11.8. The fraction of sp³-hybridized carbons (Fsp3) is 0.800. The number of fused-ring (bicyclic) bond motifs is 2. The van der Waals surface area contributed by atoms with Crippen molar-refractivity contribution in [2.24, 2.45) is 29.1 Å². The first-order valence-electron chi connectivity index (χ1n) is 9.31. The molecule has 1 saturated heterocycles. The number of hydrogen-bond donors (Lipinski definition) is 0. The highest BCUT2D eigenvalue weighted by molar-refractivity contribution is 5.90. The molecule has 0 amide bonds. The molecule has 134 valence electrons. The van der Waals surface area contributed by atoms with E-state index in [0.29, 0.717) is 29.7 Å². The maximum Gasteiger partial charge on any atom is 0.334 e. The average Bonchev–Trinajstić information content (AvgIpc) is 2.94. The molecule has 0 aromatic rings. The van der Waals surface area contributed by atoms with Gasteiger partial charge < -0.3 is 9.47 Å². The summed E-state index contributed by atoms with van der Waals surface area (Å²) in [6.45, 7) is 12.3. The van der Waals surface area contributed by atoms with Gasteiger partial charge in [0, 0.05) is 17.9 Å². The SMILES string of the molecule is C=C1C(=O)OC2CC3(C)C(CCC(C)OC(=O)CC(C)C)C3CC12. The molecule has 4 nitrogen and oxygen atoms in total. The number of carbonyl (C=O) groups excluding carboxylic acids is 2. The van der Waals surface area contributed by atoms with Crippen LogP contribution in [0.5, 0.6) is 0 Å². The smallest absolute Gasteiger partial charge is 0.334 e. The third-order valence-electron chi connectivity index (χ3n) is 6.43. The second-order valence-electron chi connectivity index (χ2n) is 8.71. The Kier molecular flexibility index (Phi) is 4.52. The van der Waals surface area contributed by atoms with E-state index in [0.717, 1.165) is 25.7 Å². The highest BCUT2D eigenvalue weighted by Crippen LogP contribution is 2.70. The molecule has 2 saturated carbocycles. The number of carbonyl (C=O) groups is 2. The molecule has 1 heterocycles. The van der Waals surface area contributed by atoms with Crippen LogP contribution < -0.4 is 0 Å². The lowest BCUT2D eigenvalue weighted by Gasteiger charge is -2.27. The van der Waals surface area contributed by atoms with Crippen molar-refractivity contribution in [3.05, 3.63) is 12.2 Å². The van der Waals surface area contributed by atoms with E-state index >= 15 is 0 Å². The van der Waals surface area contributed by atoms with E-state index in [1.54, 1.807) is 0 Å². The Bertz CT molecular complexity index is 552. The molecule has 0 radical (unpaired) electrons. The molecule has 0 N–H and O–H groups in total. The first-order chi connectivity index (χ1) is 11.2. The van der Waals surface area contributed by atoms with Crippen molar-refractivity contribution >= 4 is 11.9 Å². The number of ether oxygens (including phenoxy) is 2. The predicted octanol–water partition coefficient (Wildman–Crippen LogP) is 3.89. The van der Waals surface area contributed by atoms with Gasteiger partial charge in [-0.15, -0.1) is 0 Å². The average molecular weight is 334 g/mol. The number of hydrogen-bond acceptors (Lipinski definition) is 4. The van der Waals surface area contributed by atoms with Crippen molar-refractivity contribution in [3.63, 3.8) is 0 Å². The summed E-state index contributed by atoms with van der Waals surface area (Å²) >= 11 is 0. The van der Waals surface area contributed by atoms with Gasteiger partial charge in [-0.25, -0.2) is 4.79 Å². The van der Waals surface area contributed by atoms with Gasteiger partial charge in [-0.3, -0.25) is 4.79 Å². The van der Waals surface area contributed by atoms with Crippen LogP contribution in [0.2, 0.25) is 0 Å². The highest BCUT2D eigenvalue weighted by Gasteiger charge is 2.66. The minimum atomic E-state index is -0.197. The Hall–Kier alpha value is -1.32. The molecule has 3 aliphatic rings. The first kappa shape index (κ1) is 17.5. The summed E-state index contributed by atoms with van der Waals surface area (Å²) in [5, 5.41) is 0. The van der Waals surface area contributed by atoms with E-state index in [4.69, 9.17) is 9.47 Å². The van der Waals surface area contributed by atoms with Gasteiger partial charge in [0.25, 0.3) is 0 Å². The molecule has 6 unspecified atom stereocenters. The van der Waals surface area contributed by atoms with Crippen molar-refractivity contribution in [2.45, 2.75) is 72.0 Å². The third-order valence-corrected chi connectivity index (χ3v) is 6.43.